The van der Waals surface area contributed by atoms with Gasteiger partial charge in [0.25, 0.3) is 0 Å². The van der Waals surface area contributed by atoms with Gasteiger partial charge in [-0.2, -0.15) is 0 Å². The highest BCUT2D eigenvalue weighted by molar-refractivity contribution is 7.19. The molecule has 0 unspecified atom stereocenters. The fourth-order valence-electron chi connectivity index (χ4n) is 3.14. The minimum Gasteiger partial charge on any atom is -0.477 e. The monoisotopic (exact) mass is 376 g/mol. The number of imidazole rings is 1. The van der Waals surface area contributed by atoms with Crippen LogP contribution in [0.5, 0.6) is 0 Å². The first-order valence-corrected chi connectivity index (χ1v) is 9.58. The van der Waals surface area contributed by atoms with Crippen molar-refractivity contribution in [2.75, 3.05) is 0 Å². The predicted molar refractivity (Wildman–Crippen MR) is 110 cm³/mol. The van der Waals surface area contributed by atoms with E-state index < -0.39 is 5.97 Å². The Balaban J connectivity index is 1.84. The molecule has 4 aromatic rings. The molecular weight excluding hydrogens is 356 g/mol. The van der Waals surface area contributed by atoms with Crippen LogP contribution in [-0.2, 0) is 5.41 Å². The van der Waals surface area contributed by atoms with E-state index in [4.69, 9.17) is 0 Å². The number of hydrogen-bond acceptors (Lipinski definition) is 3. The summed E-state index contributed by atoms with van der Waals surface area (Å²) in [7, 11) is 0. The molecule has 0 radical (unpaired) electrons. The van der Waals surface area contributed by atoms with E-state index in [1.165, 1.54) is 16.9 Å². The van der Waals surface area contributed by atoms with Gasteiger partial charge in [0, 0.05) is 17.3 Å². The number of carboxylic acid groups (broad SMARTS) is 1. The van der Waals surface area contributed by atoms with Gasteiger partial charge in [-0.25, -0.2) is 9.78 Å². The minimum absolute atomic E-state index is 0.101. The van der Waals surface area contributed by atoms with Crippen LogP contribution in [-0.4, -0.2) is 20.5 Å². The van der Waals surface area contributed by atoms with Gasteiger partial charge >= 0.3 is 5.97 Å². The van der Waals surface area contributed by atoms with Crippen molar-refractivity contribution < 1.29 is 9.90 Å². The zero-order valence-electron chi connectivity index (χ0n) is 15.4. The van der Waals surface area contributed by atoms with E-state index in [2.05, 4.69) is 50.0 Å². The Labute approximate surface area is 161 Å². The molecular formula is C22H20N2O2S. The highest BCUT2D eigenvalue weighted by Gasteiger charge is 2.21. The molecule has 4 nitrogen and oxygen atoms in total. The summed E-state index contributed by atoms with van der Waals surface area (Å²) < 4.78 is 1.89. The van der Waals surface area contributed by atoms with Gasteiger partial charge in [-0.15, -0.1) is 0 Å². The van der Waals surface area contributed by atoms with Crippen LogP contribution >= 0.6 is 11.3 Å². The van der Waals surface area contributed by atoms with Gasteiger partial charge in [-0.1, -0.05) is 86.7 Å². The van der Waals surface area contributed by atoms with Gasteiger partial charge < -0.3 is 5.11 Å². The van der Waals surface area contributed by atoms with Crippen LogP contribution in [0.2, 0.25) is 0 Å². The molecule has 0 aliphatic carbocycles. The molecule has 0 saturated carbocycles. The van der Waals surface area contributed by atoms with Crippen molar-refractivity contribution in [2.45, 2.75) is 26.2 Å². The van der Waals surface area contributed by atoms with Crippen molar-refractivity contribution in [2.24, 2.45) is 0 Å². The van der Waals surface area contributed by atoms with E-state index in [1.807, 2.05) is 40.9 Å². The lowest BCUT2D eigenvalue weighted by Gasteiger charge is -2.18. The fraction of sp³-hybridized carbons (Fsp3) is 0.182. The molecule has 2 aromatic heterocycles. The van der Waals surface area contributed by atoms with E-state index in [-0.39, 0.29) is 5.41 Å². The van der Waals surface area contributed by atoms with Crippen LogP contribution in [0, 0.1) is 0 Å². The molecule has 2 heterocycles. The summed E-state index contributed by atoms with van der Waals surface area (Å²) in [5, 5.41) is 9.61. The fourth-order valence-corrected chi connectivity index (χ4v) is 4.10. The van der Waals surface area contributed by atoms with Crippen molar-refractivity contribution >= 4 is 22.3 Å². The molecule has 2 aromatic carbocycles. The summed E-state index contributed by atoms with van der Waals surface area (Å²) in [6, 6.07) is 18.0. The molecule has 0 amide bonds. The van der Waals surface area contributed by atoms with E-state index in [0.717, 1.165) is 16.8 Å². The number of nitrogens with zero attached hydrogens (tertiary/aromatic N) is 2. The number of rotatable bonds is 3. The lowest BCUT2D eigenvalue weighted by molar-refractivity contribution is 0.0702. The van der Waals surface area contributed by atoms with Crippen molar-refractivity contribution in [1.82, 2.24) is 9.38 Å². The molecule has 0 spiro atoms. The van der Waals surface area contributed by atoms with Crippen LogP contribution < -0.4 is 0 Å². The topological polar surface area (TPSA) is 54.6 Å². The van der Waals surface area contributed by atoms with Gasteiger partial charge in [-0.05, 0) is 11.0 Å². The number of hydrogen-bond donors (Lipinski definition) is 1. The van der Waals surface area contributed by atoms with E-state index in [9.17, 15) is 9.90 Å². The van der Waals surface area contributed by atoms with Crippen molar-refractivity contribution in [3.63, 3.8) is 0 Å². The SMILES string of the molecule is CC(C)(C)c1ccc(-c2cn3c(-c4ccccc4)c(C(=O)O)sc3n2)cc1. The Hall–Kier alpha value is -2.92. The molecule has 0 fully saturated rings. The zero-order chi connectivity index (χ0) is 19.2. The normalized spacial score (nSPS) is 11.8. The van der Waals surface area contributed by atoms with Gasteiger partial charge in [0.1, 0.15) is 4.88 Å². The Kier molecular flexibility index (Phi) is 4.12. The van der Waals surface area contributed by atoms with E-state index in [1.54, 1.807) is 0 Å². The summed E-state index contributed by atoms with van der Waals surface area (Å²) in [5.41, 5.74) is 4.78. The van der Waals surface area contributed by atoms with Crippen LogP contribution in [0.3, 0.4) is 0 Å². The first-order chi connectivity index (χ1) is 12.8. The average Bonchev–Trinajstić information content (AvgIpc) is 3.19. The van der Waals surface area contributed by atoms with Crippen molar-refractivity contribution in [3.05, 3.63) is 71.2 Å². The quantitative estimate of drug-likeness (QED) is 0.497. The van der Waals surface area contributed by atoms with Gasteiger partial charge in [0.05, 0.1) is 11.4 Å². The van der Waals surface area contributed by atoms with E-state index in [0.29, 0.717) is 15.5 Å². The number of aromatic carboxylic acids is 1. The van der Waals surface area contributed by atoms with Crippen LogP contribution in [0.4, 0.5) is 0 Å². The second-order valence-electron chi connectivity index (χ2n) is 7.56. The Bertz CT molecular complexity index is 1120. The standard InChI is InChI=1S/C22H20N2O2S/c1-22(2,3)16-11-9-14(10-12-16)17-13-24-18(15-7-5-4-6-8-15)19(20(25)26)27-21(24)23-17/h4-13H,1-3H3,(H,25,26). The number of carboxylic acids is 1. The second-order valence-corrected chi connectivity index (χ2v) is 8.53. The van der Waals surface area contributed by atoms with Gasteiger partial charge in [-0.3, -0.25) is 4.40 Å². The number of fused-ring (bicyclic) bond motifs is 1. The smallest absolute Gasteiger partial charge is 0.348 e. The summed E-state index contributed by atoms with van der Waals surface area (Å²) >= 11 is 1.20. The number of carbonyl (C=O) groups is 1. The van der Waals surface area contributed by atoms with Crippen LogP contribution in [0.25, 0.3) is 27.5 Å². The lowest BCUT2D eigenvalue weighted by Crippen LogP contribution is -2.10. The first kappa shape index (κ1) is 17.5. The minimum atomic E-state index is -0.930. The number of thiazole rings is 1. The number of aromatic nitrogens is 2. The summed E-state index contributed by atoms with van der Waals surface area (Å²) in [6.07, 6.45) is 1.92. The Morgan fingerprint density at radius 3 is 2.26 bits per heavy atom. The summed E-state index contributed by atoms with van der Waals surface area (Å²) in [6.45, 7) is 6.57. The predicted octanol–water partition coefficient (Wildman–Crippen LogP) is 5.73. The largest absolute Gasteiger partial charge is 0.477 e. The maximum absolute atomic E-state index is 11.7. The lowest BCUT2D eigenvalue weighted by atomic mass is 9.86. The van der Waals surface area contributed by atoms with Gasteiger partial charge in [0.2, 0.25) is 0 Å². The Morgan fingerprint density at radius 1 is 1.00 bits per heavy atom. The third kappa shape index (κ3) is 3.15. The van der Waals surface area contributed by atoms with Crippen LogP contribution in [0.15, 0.2) is 60.8 Å². The molecule has 1 N–H and O–H groups in total. The molecule has 0 atom stereocenters. The molecule has 0 aliphatic heterocycles. The van der Waals surface area contributed by atoms with Crippen molar-refractivity contribution in [1.29, 1.82) is 0 Å². The molecule has 4 rings (SSSR count). The molecule has 5 heteroatoms. The molecule has 0 aliphatic rings. The molecule has 0 bridgehead atoms. The molecule has 27 heavy (non-hydrogen) atoms. The average molecular weight is 376 g/mol. The van der Waals surface area contributed by atoms with E-state index >= 15 is 0 Å². The number of benzene rings is 2. The third-order valence-corrected chi connectivity index (χ3v) is 5.65. The Morgan fingerprint density at radius 2 is 1.67 bits per heavy atom. The maximum atomic E-state index is 11.7. The maximum Gasteiger partial charge on any atom is 0.348 e. The first-order valence-electron chi connectivity index (χ1n) is 8.76. The second kappa shape index (κ2) is 6.35. The van der Waals surface area contributed by atoms with Crippen LogP contribution in [0.1, 0.15) is 36.0 Å². The molecule has 0 saturated heterocycles. The van der Waals surface area contributed by atoms with Crippen molar-refractivity contribution in [3.8, 4) is 22.5 Å². The summed E-state index contributed by atoms with van der Waals surface area (Å²) in [5.74, 6) is -0.930. The highest BCUT2D eigenvalue weighted by Crippen LogP contribution is 2.34. The zero-order valence-corrected chi connectivity index (χ0v) is 16.2. The van der Waals surface area contributed by atoms with Gasteiger partial charge in [0.15, 0.2) is 4.96 Å². The third-order valence-electron chi connectivity index (χ3n) is 4.61. The molecule has 136 valence electrons. The highest BCUT2D eigenvalue weighted by atomic mass is 32.1. The summed E-state index contributed by atoms with van der Waals surface area (Å²) in [4.78, 5) is 17.4.